The number of halogens is 3. The first-order valence-corrected chi connectivity index (χ1v) is 8.89. The number of nitrogens with zero attached hydrogens (tertiary/aromatic N) is 3. The first kappa shape index (κ1) is 20.3. The lowest BCUT2D eigenvalue weighted by molar-refractivity contribution is 0.121. The Morgan fingerprint density at radius 2 is 2.04 bits per heavy atom. The van der Waals surface area contributed by atoms with Gasteiger partial charge in [0.1, 0.15) is 11.4 Å². The highest BCUT2D eigenvalue weighted by Gasteiger charge is 2.30. The molecule has 0 aromatic carbocycles. The van der Waals surface area contributed by atoms with E-state index in [0.29, 0.717) is 19.0 Å². The third kappa shape index (κ3) is 5.37. The highest BCUT2D eigenvalue weighted by Crippen LogP contribution is 2.23. The van der Waals surface area contributed by atoms with Crippen LogP contribution in [0.2, 0.25) is 0 Å². The molecule has 23 heavy (non-hydrogen) atoms. The fourth-order valence-electron chi connectivity index (χ4n) is 2.57. The van der Waals surface area contributed by atoms with E-state index >= 15 is 0 Å². The summed E-state index contributed by atoms with van der Waals surface area (Å²) < 4.78 is 51.9. The molecule has 0 atom stereocenters. The van der Waals surface area contributed by atoms with E-state index in [9.17, 15) is 17.2 Å². The van der Waals surface area contributed by atoms with Gasteiger partial charge in [-0.3, -0.25) is 4.68 Å². The van der Waals surface area contributed by atoms with Crippen LogP contribution in [0.5, 0.6) is 0 Å². The summed E-state index contributed by atoms with van der Waals surface area (Å²) >= 11 is 0. The van der Waals surface area contributed by atoms with Crippen LogP contribution in [-0.2, 0) is 16.6 Å². The summed E-state index contributed by atoms with van der Waals surface area (Å²) in [7, 11) is -3.64. The maximum atomic E-state index is 12.5. The predicted octanol–water partition coefficient (Wildman–Crippen LogP) is 1.58. The molecular formula is C13H23ClF2N4O2S. The number of sulfonamides is 1. The van der Waals surface area contributed by atoms with Crippen molar-refractivity contribution in [1.82, 2.24) is 19.4 Å². The van der Waals surface area contributed by atoms with Gasteiger partial charge in [-0.2, -0.15) is 9.40 Å². The van der Waals surface area contributed by atoms with Crippen LogP contribution in [0.4, 0.5) is 8.78 Å². The van der Waals surface area contributed by atoms with Crippen LogP contribution in [0.25, 0.3) is 0 Å². The lowest BCUT2D eigenvalue weighted by atomic mass is 9.98. The van der Waals surface area contributed by atoms with Gasteiger partial charge < -0.3 is 5.32 Å². The standard InChI is InChI=1S/C13H22F2N4O2S.ClH/c1-2-16-7-11-3-5-19(6-4-11)22(20,21)12-8-17-18(9-12)10-13(14)15;/h8-9,11,13,16H,2-7,10H2,1H3;1H. The summed E-state index contributed by atoms with van der Waals surface area (Å²) in [5.74, 6) is 0.480. The molecule has 0 saturated carbocycles. The summed E-state index contributed by atoms with van der Waals surface area (Å²) in [4.78, 5) is -0.0155. The molecule has 10 heteroatoms. The van der Waals surface area contributed by atoms with Gasteiger partial charge in [0.05, 0.1) is 6.20 Å². The number of nitrogens with one attached hydrogen (secondary N) is 1. The Labute approximate surface area is 141 Å². The Bertz CT molecular complexity index is 574. The van der Waals surface area contributed by atoms with Crippen LogP contribution in [0.1, 0.15) is 19.8 Å². The van der Waals surface area contributed by atoms with E-state index in [-0.39, 0.29) is 17.3 Å². The average Bonchev–Trinajstić information content (AvgIpc) is 2.94. The van der Waals surface area contributed by atoms with Crippen molar-refractivity contribution in [2.75, 3.05) is 26.2 Å². The van der Waals surface area contributed by atoms with Crippen LogP contribution in [0, 0.1) is 5.92 Å². The molecule has 134 valence electrons. The minimum atomic E-state index is -3.64. The van der Waals surface area contributed by atoms with E-state index in [1.54, 1.807) is 0 Å². The minimum absolute atomic E-state index is 0. The monoisotopic (exact) mass is 372 g/mol. The first-order valence-electron chi connectivity index (χ1n) is 7.45. The summed E-state index contributed by atoms with van der Waals surface area (Å²) in [5, 5.41) is 6.97. The van der Waals surface area contributed by atoms with Gasteiger partial charge in [0.25, 0.3) is 6.43 Å². The topological polar surface area (TPSA) is 67.2 Å². The SMILES string of the molecule is CCNCC1CCN(S(=O)(=O)c2cnn(CC(F)F)c2)CC1.Cl. The predicted molar refractivity (Wildman–Crippen MR) is 85.5 cm³/mol. The molecule has 1 aromatic rings. The number of aromatic nitrogens is 2. The number of hydrogen-bond acceptors (Lipinski definition) is 4. The smallest absolute Gasteiger partial charge is 0.257 e. The fraction of sp³-hybridized carbons (Fsp3) is 0.769. The average molecular weight is 373 g/mol. The molecule has 1 aliphatic rings. The van der Waals surface area contributed by atoms with Gasteiger partial charge in [0, 0.05) is 19.3 Å². The van der Waals surface area contributed by atoms with Crippen molar-refractivity contribution in [2.24, 2.45) is 5.92 Å². The summed E-state index contributed by atoms with van der Waals surface area (Å²) in [6.45, 7) is 4.16. The molecule has 0 bridgehead atoms. The van der Waals surface area contributed by atoms with Crippen molar-refractivity contribution in [2.45, 2.75) is 37.6 Å². The van der Waals surface area contributed by atoms with Crippen LogP contribution in [0.3, 0.4) is 0 Å². The number of rotatable bonds is 7. The number of hydrogen-bond donors (Lipinski definition) is 1. The van der Waals surface area contributed by atoms with Gasteiger partial charge in [0.15, 0.2) is 0 Å². The van der Waals surface area contributed by atoms with Gasteiger partial charge in [0.2, 0.25) is 10.0 Å². The zero-order chi connectivity index (χ0) is 16.2. The zero-order valence-electron chi connectivity index (χ0n) is 13.0. The molecule has 1 saturated heterocycles. The molecule has 0 aliphatic carbocycles. The molecule has 2 heterocycles. The minimum Gasteiger partial charge on any atom is -0.317 e. The van der Waals surface area contributed by atoms with Crippen molar-refractivity contribution in [3.05, 3.63) is 12.4 Å². The lowest BCUT2D eigenvalue weighted by Gasteiger charge is -2.30. The zero-order valence-corrected chi connectivity index (χ0v) is 14.6. The second-order valence-electron chi connectivity index (χ2n) is 5.44. The van der Waals surface area contributed by atoms with E-state index < -0.39 is 23.0 Å². The molecule has 0 amide bonds. The Balaban J connectivity index is 0.00000264. The first-order chi connectivity index (χ1) is 10.4. The van der Waals surface area contributed by atoms with Crippen molar-refractivity contribution in [3.8, 4) is 0 Å². The van der Waals surface area contributed by atoms with E-state index in [1.165, 1.54) is 10.5 Å². The summed E-state index contributed by atoms with van der Waals surface area (Å²) in [6.07, 6.45) is 1.36. The Morgan fingerprint density at radius 3 is 2.61 bits per heavy atom. The number of piperidine rings is 1. The second-order valence-corrected chi connectivity index (χ2v) is 7.38. The van der Waals surface area contributed by atoms with Gasteiger partial charge in [-0.05, 0) is 31.8 Å². The highest BCUT2D eigenvalue weighted by molar-refractivity contribution is 7.89. The van der Waals surface area contributed by atoms with Crippen LogP contribution in [-0.4, -0.2) is 55.1 Å². The van der Waals surface area contributed by atoms with Crippen molar-refractivity contribution < 1.29 is 17.2 Å². The maximum Gasteiger partial charge on any atom is 0.257 e. The second kappa shape index (κ2) is 8.91. The Kier molecular flexibility index (Phi) is 7.85. The van der Waals surface area contributed by atoms with Crippen LogP contribution >= 0.6 is 12.4 Å². The van der Waals surface area contributed by atoms with Gasteiger partial charge >= 0.3 is 0 Å². The van der Waals surface area contributed by atoms with Crippen molar-refractivity contribution >= 4 is 22.4 Å². The highest BCUT2D eigenvalue weighted by atomic mass is 35.5. The Hall–Kier alpha value is -0.770. The number of alkyl halides is 2. The third-order valence-corrected chi connectivity index (χ3v) is 5.68. The Morgan fingerprint density at radius 1 is 1.39 bits per heavy atom. The van der Waals surface area contributed by atoms with Crippen molar-refractivity contribution in [3.63, 3.8) is 0 Å². The van der Waals surface area contributed by atoms with Crippen molar-refractivity contribution in [1.29, 1.82) is 0 Å². The molecule has 0 spiro atoms. The quantitative estimate of drug-likeness (QED) is 0.789. The largest absolute Gasteiger partial charge is 0.317 e. The molecule has 1 aromatic heterocycles. The summed E-state index contributed by atoms with van der Waals surface area (Å²) in [6, 6.07) is 0. The lowest BCUT2D eigenvalue weighted by Crippen LogP contribution is -2.40. The van der Waals surface area contributed by atoms with Gasteiger partial charge in [-0.1, -0.05) is 6.92 Å². The molecule has 1 N–H and O–H groups in total. The molecular weight excluding hydrogens is 350 g/mol. The van der Waals surface area contributed by atoms with Gasteiger partial charge in [-0.25, -0.2) is 17.2 Å². The molecule has 6 nitrogen and oxygen atoms in total. The summed E-state index contributed by atoms with van der Waals surface area (Å²) in [5.41, 5.74) is 0. The third-order valence-electron chi connectivity index (χ3n) is 3.83. The molecule has 1 fully saturated rings. The van der Waals surface area contributed by atoms with Crippen LogP contribution in [0.15, 0.2) is 17.3 Å². The molecule has 1 aliphatic heterocycles. The molecule has 0 radical (unpaired) electrons. The normalized spacial score (nSPS) is 17.4. The van der Waals surface area contributed by atoms with Crippen LogP contribution < -0.4 is 5.32 Å². The van der Waals surface area contributed by atoms with Gasteiger partial charge in [-0.15, -0.1) is 12.4 Å². The molecule has 0 unspecified atom stereocenters. The molecule has 2 rings (SSSR count). The van der Waals surface area contributed by atoms with E-state index in [2.05, 4.69) is 10.4 Å². The maximum absolute atomic E-state index is 12.5. The fourth-order valence-corrected chi connectivity index (χ4v) is 4.00. The van der Waals surface area contributed by atoms with E-state index in [4.69, 9.17) is 0 Å². The van der Waals surface area contributed by atoms with E-state index in [1.807, 2.05) is 6.92 Å². The van der Waals surface area contributed by atoms with E-state index in [0.717, 1.165) is 36.8 Å².